The van der Waals surface area contributed by atoms with Gasteiger partial charge < -0.3 is 9.80 Å². The van der Waals surface area contributed by atoms with Crippen LogP contribution in [0.4, 0.5) is 10.2 Å². The summed E-state index contributed by atoms with van der Waals surface area (Å²) < 4.78 is 14.5. The van der Waals surface area contributed by atoms with E-state index in [9.17, 15) is 14.0 Å². The largest absolute Gasteiger partial charge is 0.353 e. The molecular weight excluding hydrogens is 451 g/mol. The van der Waals surface area contributed by atoms with Crippen LogP contribution < -0.4 is 10.5 Å². The van der Waals surface area contributed by atoms with Gasteiger partial charge in [-0.1, -0.05) is 18.2 Å². The van der Waals surface area contributed by atoms with Crippen molar-refractivity contribution in [3.63, 3.8) is 0 Å². The minimum Gasteiger partial charge on any atom is -0.353 e. The average Bonchev–Trinajstić information content (AvgIpc) is 3.09. The molecule has 178 valence electrons. The lowest BCUT2D eigenvalue weighted by Gasteiger charge is -2.23. The van der Waals surface area contributed by atoms with Crippen molar-refractivity contribution < 1.29 is 9.18 Å². The van der Waals surface area contributed by atoms with Crippen molar-refractivity contribution in [2.45, 2.75) is 26.0 Å². The number of rotatable bonds is 6. The molecule has 0 unspecified atom stereocenters. The summed E-state index contributed by atoms with van der Waals surface area (Å²) in [7, 11) is 0. The first-order chi connectivity index (χ1) is 16.4. The normalized spacial score (nSPS) is 14.2. The molecule has 1 fully saturated rings. The maximum absolute atomic E-state index is 13.0. The Morgan fingerprint density at radius 1 is 0.971 bits per heavy atom. The predicted octanol–water partition coefficient (Wildman–Crippen LogP) is 3.96. The van der Waals surface area contributed by atoms with Gasteiger partial charge in [-0.3, -0.25) is 9.59 Å². The zero-order valence-electron chi connectivity index (χ0n) is 19.5. The Morgan fingerprint density at radius 2 is 1.76 bits per heavy atom. The zero-order chi connectivity index (χ0) is 24.1. The van der Waals surface area contributed by atoms with Crippen LogP contribution in [0.15, 0.2) is 59.4 Å². The summed E-state index contributed by atoms with van der Waals surface area (Å²) in [6.07, 6.45) is 0.832. The van der Waals surface area contributed by atoms with Crippen LogP contribution in [0.3, 0.4) is 0 Å². The highest BCUT2D eigenvalue weighted by Gasteiger charge is 2.20. The number of carbonyl (C=O) groups is 1. The standard InChI is InChI=1S/C26H29FN4O2S/c1-19-4-9-23(16-20(19)2)31-25(32)11-10-24(28-31)29-12-3-13-30(15-14-29)26(33)18-34-17-21-5-7-22(27)8-6-21/h4-11,16H,3,12-15,17-18H2,1-2H3. The lowest BCUT2D eigenvalue weighted by Crippen LogP contribution is -2.36. The number of carbonyl (C=O) groups excluding carboxylic acids is 1. The zero-order valence-corrected chi connectivity index (χ0v) is 20.4. The van der Waals surface area contributed by atoms with E-state index in [1.807, 2.05) is 36.9 Å². The molecule has 2 heterocycles. The van der Waals surface area contributed by atoms with Crippen LogP contribution in [0.25, 0.3) is 5.69 Å². The minimum atomic E-state index is -0.252. The first-order valence-electron chi connectivity index (χ1n) is 11.4. The van der Waals surface area contributed by atoms with Gasteiger partial charge in [-0.05, 0) is 67.3 Å². The van der Waals surface area contributed by atoms with Crippen molar-refractivity contribution >= 4 is 23.5 Å². The van der Waals surface area contributed by atoms with Gasteiger partial charge in [0.1, 0.15) is 11.6 Å². The molecule has 0 bridgehead atoms. The van der Waals surface area contributed by atoms with Crippen molar-refractivity contribution in [2.75, 3.05) is 36.8 Å². The molecule has 0 spiro atoms. The Hall–Kier alpha value is -3.13. The number of hydrogen-bond acceptors (Lipinski definition) is 5. The number of aryl methyl sites for hydroxylation is 2. The van der Waals surface area contributed by atoms with E-state index in [-0.39, 0.29) is 17.3 Å². The molecule has 0 aliphatic carbocycles. The second-order valence-corrected chi connectivity index (χ2v) is 9.54. The predicted molar refractivity (Wildman–Crippen MR) is 135 cm³/mol. The van der Waals surface area contributed by atoms with Crippen molar-refractivity contribution in [3.05, 3.63) is 87.5 Å². The molecule has 0 radical (unpaired) electrons. The molecule has 1 saturated heterocycles. The number of aromatic nitrogens is 2. The fourth-order valence-electron chi connectivity index (χ4n) is 3.94. The van der Waals surface area contributed by atoms with Crippen LogP contribution in [0.2, 0.25) is 0 Å². The number of amides is 1. The Labute approximate surface area is 203 Å². The molecule has 1 aromatic heterocycles. The Balaban J connectivity index is 1.37. The van der Waals surface area contributed by atoms with Crippen LogP contribution in [0.5, 0.6) is 0 Å². The molecule has 0 atom stereocenters. The van der Waals surface area contributed by atoms with Crippen LogP contribution in [0, 0.1) is 19.7 Å². The number of hydrogen-bond donors (Lipinski definition) is 0. The molecule has 0 saturated carbocycles. The van der Waals surface area contributed by atoms with Crippen molar-refractivity contribution in [2.24, 2.45) is 0 Å². The maximum Gasteiger partial charge on any atom is 0.271 e. The molecule has 0 N–H and O–H groups in total. The Morgan fingerprint density at radius 3 is 2.53 bits per heavy atom. The van der Waals surface area contributed by atoms with E-state index in [1.54, 1.807) is 36.0 Å². The highest BCUT2D eigenvalue weighted by Crippen LogP contribution is 2.17. The van der Waals surface area contributed by atoms with Gasteiger partial charge >= 0.3 is 0 Å². The molecular formula is C26H29FN4O2S. The number of halogens is 1. The van der Waals surface area contributed by atoms with Gasteiger partial charge in [0, 0.05) is 38.0 Å². The van der Waals surface area contributed by atoms with E-state index in [4.69, 9.17) is 0 Å². The first-order valence-corrected chi connectivity index (χ1v) is 12.6. The van der Waals surface area contributed by atoms with Crippen LogP contribution >= 0.6 is 11.8 Å². The van der Waals surface area contributed by atoms with Crippen LogP contribution in [0.1, 0.15) is 23.1 Å². The summed E-state index contributed by atoms with van der Waals surface area (Å²) in [5.74, 6) is 1.67. The molecule has 2 aromatic carbocycles. The Bertz CT molecular complexity index is 1210. The SMILES string of the molecule is Cc1ccc(-n2nc(N3CCCN(C(=O)CSCc4ccc(F)cc4)CC3)ccc2=O)cc1C. The van der Waals surface area contributed by atoms with Gasteiger partial charge in [-0.2, -0.15) is 4.68 Å². The summed E-state index contributed by atoms with van der Waals surface area (Å²) in [6, 6.07) is 15.6. The van der Waals surface area contributed by atoms with E-state index in [0.29, 0.717) is 31.1 Å². The van der Waals surface area contributed by atoms with Gasteiger partial charge in [0.15, 0.2) is 0 Å². The molecule has 1 amide bonds. The number of benzene rings is 2. The molecule has 4 rings (SSSR count). The molecule has 1 aliphatic heterocycles. The van der Waals surface area contributed by atoms with E-state index in [2.05, 4.69) is 10.00 Å². The lowest BCUT2D eigenvalue weighted by atomic mass is 10.1. The maximum atomic E-state index is 13.0. The monoisotopic (exact) mass is 480 g/mol. The summed E-state index contributed by atoms with van der Waals surface area (Å²) in [4.78, 5) is 29.3. The molecule has 8 heteroatoms. The van der Waals surface area contributed by atoms with Gasteiger partial charge in [0.25, 0.3) is 5.56 Å². The topological polar surface area (TPSA) is 58.4 Å². The highest BCUT2D eigenvalue weighted by atomic mass is 32.2. The van der Waals surface area contributed by atoms with Crippen LogP contribution in [-0.4, -0.2) is 52.5 Å². The van der Waals surface area contributed by atoms with Gasteiger partial charge in [0.2, 0.25) is 5.91 Å². The second kappa shape index (κ2) is 10.9. The summed E-state index contributed by atoms with van der Waals surface area (Å²) >= 11 is 1.54. The highest BCUT2D eigenvalue weighted by molar-refractivity contribution is 7.99. The first kappa shape index (κ1) is 24.0. The summed E-state index contributed by atoms with van der Waals surface area (Å²) in [5.41, 5.74) is 3.86. The minimum absolute atomic E-state index is 0.113. The fraction of sp³-hybridized carbons (Fsp3) is 0.346. The average molecular weight is 481 g/mol. The van der Waals surface area contributed by atoms with E-state index < -0.39 is 0 Å². The molecule has 1 aliphatic rings. The fourth-order valence-corrected chi connectivity index (χ4v) is 4.82. The van der Waals surface area contributed by atoms with Gasteiger partial charge in [0.05, 0.1) is 11.4 Å². The number of thioether (sulfide) groups is 1. The van der Waals surface area contributed by atoms with E-state index in [0.717, 1.165) is 35.6 Å². The summed E-state index contributed by atoms with van der Waals surface area (Å²) in [6.45, 7) is 6.80. The Kier molecular flexibility index (Phi) is 7.67. The third kappa shape index (κ3) is 5.86. The third-order valence-electron chi connectivity index (χ3n) is 6.10. The lowest BCUT2D eigenvalue weighted by molar-refractivity contribution is -0.128. The molecule has 34 heavy (non-hydrogen) atoms. The van der Waals surface area contributed by atoms with Gasteiger partial charge in [-0.25, -0.2) is 4.39 Å². The van der Waals surface area contributed by atoms with Crippen molar-refractivity contribution in [1.29, 1.82) is 0 Å². The van der Waals surface area contributed by atoms with Crippen molar-refractivity contribution in [3.8, 4) is 5.69 Å². The van der Waals surface area contributed by atoms with Crippen molar-refractivity contribution in [1.82, 2.24) is 14.7 Å². The quantitative estimate of drug-likeness (QED) is 0.535. The number of anilines is 1. The van der Waals surface area contributed by atoms with Crippen LogP contribution in [-0.2, 0) is 10.5 Å². The smallest absolute Gasteiger partial charge is 0.271 e. The summed E-state index contributed by atoms with van der Waals surface area (Å²) in [5, 5.41) is 4.63. The number of nitrogens with zero attached hydrogens (tertiary/aromatic N) is 4. The molecule has 3 aromatic rings. The van der Waals surface area contributed by atoms with E-state index in [1.165, 1.54) is 22.4 Å². The third-order valence-corrected chi connectivity index (χ3v) is 7.09. The second-order valence-electron chi connectivity index (χ2n) is 8.55. The molecule has 6 nitrogen and oxygen atoms in total. The van der Waals surface area contributed by atoms with Gasteiger partial charge in [-0.15, -0.1) is 16.9 Å². The van der Waals surface area contributed by atoms with E-state index >= 15 is 0 Å².